The molecule has 0 aromatic rings. The molecule has 4 nitrogen and oxygen atoms in total. The molecule has 0 saturated heterocycles. The lowest BCUT2D eigenvalue weighted by atomic mass is 10.1. The summed E-state index contributed by atoms with van der Waals surface area (Å²) in [5.41, 5.74) is -0.390. The van der Waals surface area contributed by atoms with Crippen molar-refractivity contribution in [2.24, 2.45) is 0 Å². The Hall–Kier alpha value is -0.160. The topological polar surface area (TPSA) is 44.8 Å². The minimum absolute atomic E-state index is 0.275. The first-order valence-corrected chi connectivity index (χ1v) is 3.24. The van der Waals surface area contributed by atoms with E-state index in [1.807, 2.05) is 20.8 Å². The van der Waals surface area contributed by atoms with Gasteiger partial charge in [-0.1, -0.05) is 6.92 Å². The molecule has 0 heterocycles. The average molecular weight is 148 g/mol. The summed E-state index contributed by atoms with van der Waals surface area (Å²) in [6.07, 6.45) is 0.793. The molecule has 0 atom stereocenters. The highest BCUT2D eigenvalue weighted by molar-refractivity contribution is 4.61. The van der Waals surface area contributed by atoms with Gasteiger partial charge in [0.05, 0.1) is 5.60 Å². The zero-order valence-corrected chi connectivity index (χ0v) is 6.88. The first-order valence-electron chi connectivity index (χ1n) is 3.24. The molecule has 0 radical (unpaired) electrons. The van der Waals surface area contributed by atoms with Crippen LogP contribution in [0.15, 0.2) is 0 Å². The average Bonchev–Trinajstić information content (AvgIpc) is 1.85. The second-order valence-corrected chi connectivity index (χ2v) is 2.71. The molecule has 0 fully saturated rings. The van der Waals surface area contributed by atoms with Crippen LogP contribution in [0.1, 0.15) is 27.2 Å². The van der Waals surface area contributed by atoms with Gasteiger partial charge in [-0.2, -0.15) is 4.99 Å². The van der Waals surface area contributed by atoms with Crippen LogP contribution in [0.25, 0.3) is 0 Å². The van der Waals surface area contributed by atoms with Gasteiger partial charge in [0.1, 0.15) is 0 Å². The number of hydrogen-bond acceptors (Lipinski definition) is 4. The fourth-order valence-corrected chi connectivity index (χ4v) is 0.212. The Morgan fingerprint density at radius 2 is 2.00 bits per heavy atom. The van der Waals surface area contributed by atoms with Gasteiger partial charge in [0.15, 0.2) is 0 Å². The third-order valence-electron chi connectivity index (χ3n) is 1.22. The van der Waals surface area contributed by atoms with Crippen LogP contribution < -0.4 is 0 Å². The Morgan fingerprint density at radius 3 is 2.30 bits per heavy atom. The van der Waals surface area contributed by atoms with E-state index < -0.39 is 5.60 Å². The van der Waals surface area contributed by atoms with Crippen molar-refractivity contribution in [3.63, 3.8) is 0 Å². The van der Waals surface area contributed by atoms with E-state index in [9.17, 15) is 5.21 Å². The van der Waals surface area contributed by atoms with Gasteiger partial charge < -0.3 is 5.21 Å². The number of rotatable bonds is 4. The monoisotopic (exact) mass is 148 g/mol. The third kappa shape index (κ3) is 4.69. The van der Waals surface area contributed by atoms with Crippen LogP contribution in [0.2, 0.25) is 0 Å². The van der Waals surface area contributed by atoms with Gasteiger partial charge in [-0.25, -0.2) is 10.1 Å². The van der Waals surface area contributed by atoms with Crippen molar-refractivity contribution >= 4 is 0 Å². The molecular weight excluding hydrogens is 134 g/mol. The van der Waals surface area contributed by atoms with Gasteiger partial charge in [0.25, 0.3) is 0 Å². The Morgan fingerprint density at radius 1 is 1.50 bits per heavy atom. The maximum Gasteiger partial charge on any atom is 0.0997 e. The molecule has 0 aliphatic heterocycles. The summed E-state index contributed by atoms with van der Waals surface area (Å²) in [6.45, 7) is 5.64. The Bertz CT molecular complexity index is 93.0. The molecule has 0 aliphatic carbocycles. The zero-order chi connectivity index (χ0) is 8.20. The maximum atomic E-state index is 10.2. The Balaban J connectivity index is 3.46. The van der Waals surface area contributed by atoms with E-state index in [0.717, 1.165) is 6.42 Å². The van der Waals surface area contributed by atoms with Crippen molar-refractivity contribution in [2.45, 2.75) is 32.8 Å². The maximum absolute atomic E-state index is 10.2. The lowest BCUT2D eigenvalue weighted by molar-refractivity contribution is -0.445. The fraction of sp³-hybridized carbons (Fsp3) is 1.00. The highest BCUT2D eigenvalue weighted by Crippen LogP contribution is 2.13. The van der Waals surface area contributed by atoms with Gasteiger partial charge in [-0.3, -0.25) is 0 Å². The van der Waals surface area contributed by atoms with E-state index in [0.29, 0.717) is 0 Å². The molecule has 0 unspecified atom stereocenters. The van der Waals surface area contributed by atoms with Gasteiger partial charge >= 0.3 is 0 Å². The summed E-state index contributed by atoms with van der Waals surface area (Å²) in [4.78, 5) is 9.03. The van der Waals surface area contributed by atoms with Gasteiger partial charge in [-0.05, 0) is 20.3 Å². The second kappa shape index (κ2) is 3.88. The smallest absolute Gasteiger partial charge is 0.0997 e. The highest BCUT2D eigenvalue weighted by Gasteiger charge is 2.16. The minimum atomic E-state index is -0.390. The van der Waals surface area contributed by atoms with Crippen molar-refractivity contribution in [3.8, 4) is 0 Å². The van der Waals surface area contributed by atoms with E-state index in [4.69, 9.17) is 4.89 Å². The van der Waals surface area contributed by atoms with Gasteiger partial charge in [-0.15, -0.1) is 0 Å². The van der Waals surface area contributed by atoms with Gasteiger partial charge in [0, 0.05) is 7.05 Å². The molecule has 0 rings (SSSR count). The lowest BCUT2D eigenvalue weighted by Crippen LogP contribution is -2.26. The molecule has 0 aliphatic rings. The van der Waals surface area contributed by atoms with E-state index in [-0.39, 0.29) is 5.23 Å². The van der Waals surface area contributed by atoms with Crippen LogP contribution in [0, 0.1) is 5.21 Å². The number of hydrogen-bond donors (Lipinski definition) is 0. The fourth-order valence-electron chi connectivity index (χ4n) is 0.212. The Labute approximate surface area is 61.2 Å². The first-order chi connectivity index (χ1) is 4.48. The van der Waals surface area contributed by atoms with Crippen LogP contribution in [0.5, 0.6) is 0 Å². The van der Waals surface area contributed by atoms with Crippen molar-refractivity contribution in [2.75, 3.05) is 7.05 Å². The van der Waals surface area contributed by atoms with E-state index >= 15 is 0 Å². The van der Waals surface area contributed by atoms with E-state index in [1.165, 1.54) is 7.05 Å². The largest absolute Gasteiger partial charge is 0.760 e. The first kappa shape index (κ1) is 9.84. The number of nitrogens with zero attached hydrogens (tertiary/aromatic N) is 1. The van der Waals surface area contributed by atoms with Crippen LogP contribution in [0.3, 0.4) is 0 Å². The van der Waals surface area contributed by atoms with Crippen LogP contribution in [-0.4, -0.2) is 17.9 Å². The van der Waals surface area contributed by atoms with E-state index in [1.54, 1.807) is 0 Å². The van der Waals surface area contributed by atoms with Crippen molar-refractivity contribution in [1.82, 2.24) is 5.23 Å². The summed E-state index contributed by atoms with van der Waals surface area (Å²) in [5.74, 6) is 0. The summed E-state index contributed by atoms with van der Waals surface area (Å²) in [5, 5.41) is 10.5. The van der Waals surface area contributed by atoms with Crippen LogP contribution >= 0.6 is 0 Å². The SMILES string of the molecule is CCC(C)(C)OON(C)[O-]. The molecule has 0 aromatic heterocycles. The standard InChI is InChI=1S/C6H14NO3/c1-5-6(2,3)9-10-7(4)8/h5H2,1-4H3/q-1. The molecule has 0 aromatic carbocycles. The summed E-state index contributed by atoms with van der Waals surface area (Å²) in [6, 6.07) is 0. The minimum Gasteiger partial charge on any atom is -0.760 e. The molecule has 10 heavy (non-hydrogen) atoms. The molecule has 0 amide bonds. The van der Waals surface area contributed by atoms with Gasteiger partial charge in [0.2, 0.25) is 0 Å². The second-order valence-electron chi connectivity index (χ2n) is 2.71. The molecular formula is C6H14NO3-. The molecule has 0 bridgehead atoms. The molecule has 0 N–H and O–H groups in total. The zero-order valence-electron chi connectivity index (χ0n) is 6.88. The lowest BCUT2D eigenvalue weighted by Gasteiger charge is -2.27. The van der Waals surface area contributed by atoms with Crippen molar-refractivity contribution in [3.05, 3.63) is 5.21 Å². The van der Waals surface area contributed by atoms with Crippen molar-refractivity contribution in [1.29, 1.82) is 0 Å². The molecule has 4 heteroatoms. The molecule has 62 valence electrons. The quantitative estimate of drug-likeness (QED) is 0.447. The number of hydroxylamine groups is 2. The molecule has 0 saturated carbocycles. The summed E-state index contributed by atoms with van der Waals surface area (Å²) in [7, 11) is 1.23. The third-order valence-corrected chi connectivity index (χ3v) is 1.22. The molecule has 0 spiro atoms. The van der Waals surface area contributed by atoms with Crippen LogP contribution in [-0.2, 0) is 9.88 Å². The van der Waals surface area contributed by atoms with Crippen molar-refractivity contribution < 1.29 is 9.88 Å². The summed E-state index contributed by atoms with van der Waals surface area (Å²) >= 11 is 0. The predicted molar refractivity (Wildman–Crippen MR) is 37.7 cm³/mol. The highest BCUT2D eigenvalue weighted by atomic mass is 17.3. The summed E-state index contributed by atoms with van der Waals surface area (Å²) < 4.78 is 0. The Kier molecular flexibility index (Phi) is 3.81. The normalized spacial score (nSPS) is 12.6. The predicted octanol–water partition coefficient (Wildman–Crippen LogP) is 1.47. The van der Waals surface area contributed by atoms with E-state index in [2.05, 4.69) is 4.99 Å². The van der Waals surface area contributed by atoms with Crippen LogP contribution in [0.4, 0.5) is 0 Å².